The summed E-state index contributed by atoms with van der Waals surface area (Å²) in [7, 11) is 0. The molecule has 3 aliphatic heterocycles. The maximum atomic E-state index is 12.8. The Bertz CT molecular complexity index is 2920. The van der Waals surface area contributed by atoms with Crippen LogP contribution in [0.5, 0.6) is 5.75 Å². The average Bonchev–Trinajstić information content (AvgIpc) is 4.00. The van der Waals surface area contributed by atoms with E-state index in [0.717, 1.165) is 44.1 Å². The number of oxazole rings is 2. The summed E-state index contributed by atoms with van der Waals surface area (Å²) in [4.78, 5) is 64.4. The van der Waals surface area contributed by atoms with E-state index in [-0.39, 0.29) is 54.9 Å². The number of H-pyrrole nitrogens is 2. The van der Waals surface area contributed by atoms with E-state index in [1.165, 1.54) is 0 Å². The van der Waals surface area contributed by atoms with Gasteiger partial charge in [-0.25, -0.2) is 9.97 Å². The zero-order chi connectivity index (χ0) is 39.5. The molecular formula is C43H35N5O9. The number of carbonyl (C=O) groups is 4. The number of phenolic OH excluding ortho intramolecular Hbond substituents is 1. The first-order valence-electron chi connectivity index (χ1n) is 18.5. The van der Waals surface area contributed by atoms with Gasteiger partial charge in [0.15, 0.2) is 16.9 Å². The number of fused-ring (bicyclic) bond motifs is 10. The van der Waals surface area contributed by atoms with Crippen molar-refractivity contribution in [1.82, 2.24) is 25.3 Å². The monoisotopic (exact) mass is 765 g/mol. The Labute approximate surface area is 322 Å². The number of aromatic hydroxyl groups is 1. The fourth-order valence-electron chi connectivity index (χ4n) is 7.80. The Hall–Kier alpha value is -7.06. The van der Waals surface area contributed by atoms with E-state index in [1.807, 2.05) is 18.2 Å². The average molecular weight is 766 g/mol. The smallest absolute Gasteiger partial charge is 0.321 e. The molecule has 7 heterocycles. The zero-order valence-corrected chi connectivity index (χ0v) is 30.5. The molecule has 0 amide bonds. The number of nitrogens with one attached hydrogen (secondary N) is 3. The van der Waals surface area contributed by atoms with E-state index in [4.69, 9.17) is 8.83 Å². The van der Waals surface area contributed by atoms with Crippen molar-refractivity contribution in [3.63, 3.8) is 0 Å². The van der Waals surface area contributed by atoms with Crippen molar-refractivity contribution in [2.45, 2.75) is 38.6 Å². The Morgan fingerprint density at radius 1 is 0.719 bits per heavy atom. The molecule has 14 heteroatoms. The summed E-state index contributed by atoms with van der Waals surface area (Å²) in [6.45, 7) is 1.76. The molecule has 11 rings (SSSR count). The molecule has 8 aromatic rings. The molecule has 4 aromatic carbocycles. The van der Waals surface area contributed by atoms with Gasteiger partial charge in [0, 0.05) is 64.1 Å². The molecule has 4 aromatic heterocycles. The molecule has 3 aliphatic rings. The van der Waals surface area contributed by atoms with Crippen LogP contribution in [0, 0.1) is 11.8 Å². The van der Waals surface area contributed by atoms with Crippen LogP contribution in [0.1, 0.15) is 40.4 Å². The minimum Gasteiger partial charge on any atom is -0.507 e. The number of aromatic nitrogens is 4. The normalized spacial score (nSPS) is 18.4. The van der Waals surface area contributed by atoms with Gasteiger partial charge in [0.2, 0.25) is 11.8 Å². The van der Waals surface area contributed by atoms with Crippen LogP contribution in [0.3, 0.4) is 0 Å². The molecule has 0 spiro atoms. The largest absolute Gasteiger partial charge is 0.507 e. The molecule has 0 saturated heterocycles. The summed E-state index contributed by atoms with van der Waals surface area (Å²) in [5.74, 6) is -2.62. The van der Waals surface area contributed by atoms with E-state index in [1.54, 1.807) is 67.8 Å². The van der Waals surface area contributed by atoms with Crippen molar-refractivity contribution >= 4 is 67.5 Å². The highest BCUT2D eigenvalue weighted by atomic mass is 16.4. The Kier molecular flexibility index (Phi) is 8.69. The van der Waals surface area contributed by atoms with Crippen molar-refractivity contribution in [3.05, 3.63) is 101 Å². The Balaban J connectivity index is 0.000000149. The quantitative estimate of drug-likeness (QED) is 0.106. The van der Waals surface area contributed by atoms with Crippen molar-refractivity contribution in [3.8, 4) is 28.7 Å². The van der Waals surface area contributed by atoms with Crippen LogP contribution in [-0.4, -0.2) is 71.3 Å². The van der Waals surface area contributed by atoms with Crippen molar-refractivity contribution in [2.75, 3.05) is 6.54 Å². The minimum atomic E-state index is -1.01. The maximum Gasteiger partial charge on any atom is 0.321 e. The molecule has 3 unspecified atom stereocenters. The van der Waals surface area contributed by atoms with E-state index >= 15 is 0 Å². The van der Waals surface area contributed by atoms with Crippen LogP contribution in [0.15, 0.2) is 88.0 Å². The van der Waals surface area contributed by atoms with Gasteiger partial charge in [-0.2, -0.15) is 0 Å². The summed E-state index contributed by atoms with van der Waals surface area (Å²) in [5, 5.41) is 34.2. The van der Waals surface area contributed by atoms with Gasteiger partial charge in [-0.1, -0.05) is 25.1 Å². The number of hydrogen-bond acceptors (Lipinski definition) is 10. The lowest BCUT2D eigenvalue weighted by molar-refractivity contribution is -0.144. The summed E-state index contributed by atoms with van der Waals surface area (Å²) >= 11 is 0. The number of rotatable bonds is 2. The number of hydrogen-bond donors (Lipinski definition) is 6. The number of Topliss-reactive ketones (excluding diaryl/α,β-unsaturated/α-hetero) is 2. The van der Waals surface area contributed by atoms with Crippen LogP contribution in [0.4, 0.5) is 0 Å². The van der Waals surface area contributed by atoms with Crippen molar-refractivity contribution < 1.29 is 43.3 Å². The third kappa shape index (κ3) is 6.49. The summed E-state index contributed by atoms with van der Waals surface area (Å²) in [6.07, 6.45) is 4.41. The molecule has 3 atom stereocenters. The van der Waals surface area contributed by atoms with E-state index in [9.17, 15) is 34.5 Å². The van der Waals surface area contributed by atoms with E-state index in [0.29, 0.717) is 45.6 Å². The van der Waals surface area contributed by atoms with Gasteiger partial charge in [0.05, 0.1) is 18.0 Å². The van der Waals surface area contributed by atoms with Gasteiger partial charge in [-0.15, -0.1) is 0 Å². The van der Waals surface area contributed by atoms with Crippen LogP contribution in [0.25, 0.3) is 66.9 Å². The van der Waals surface area contributed by atoms with Gasteiger partial charge < -0.3 is 34.1 Å². The fraction of sp³-hybridized carbons (Fsp3) is 0.209. The van der Waals surface area contributed by atoms with Gasteiger partial charge in [0.25, 0.3) is 0 Å². The molecule has 6 N–H and O–H groups in total. The first kappa shape index (κ1) is 35.6. The minimum absolute atomic E-state index is 0.0336. The lowest BCUT2D eigenvalue weighted by atomic mass is 9.87. The third-order valence-electron chi connectivity index (χ3n) is 10.9. The van der Waals surface area contributed by atoms with E-state index in [2.05, 4.69) is 25.3 Å². The number of aromatic amines is 2. The van der Waals surface area contributed by atoms with Crippen LogP contribution in [-0.2, 0) is 33.6 Å². The van der Waals surface area contributed by atoms with Gasteiger partial charge in [-0.3, -0.25) is 24.5 Å². The second-order valence-electron chi connectivity index (χ2n) is 14.7. The molecule has 14 nitrogen and oxygen atoms in total. The highest BCUT2D eigenvalue weighted by molar-refractivity contribution is 6.06. The SMILES string of the molecule is CC1Cc2ccc(O)c(c2)-c2nc3c(ccc4[nH]cc(c43)CC(C(=O)O)CC1=O)o2.O=C1CNC(C(=O)O)Cc2c[nH]c3ccc4oc(nc4c23)-c2ccc1cc2. The first-order valence-corrected chi connectivity index (χ1v) is 18.5. The lowest BCUT2D eigenvalue weighted by Gasteiger charge is -2.16. The fourth-order valence-corrected chi connectivity index (χ4v) is 7.80. The lowest BCUT2D eigenvalue weighted by Crippen LogP contribution is -2.41. The number of carbonyl (C=O) groups excluding carboxylic acids is 2. The summed E-state index contributed by atoms with van der Waals surface area (Å²) < 4.78 is 11.9. The predicted molar refractivity (Wildman–Crippen MR) is 209 cm³/mol. The van der Waals surface area contributed by atoms with Gasteiger partial charge in [-0.05, 0) is 78.1 Å². The second-order valence-corrected chi connectivity index (χ2v) is 14.7. The number of carboxylic acids is 2. The molecular weight excluding hydrogens is 730 g/mol. The number of phenols is 1. The topological polar surface area (TPSA) is 225 Å². The highest BCUT2D eigenvalue weighted by Gasteiger charge is 2.28. The maximum absolute atomic E-state index is 12.8. The number of benzene rings is 4. The van der Waals surface area contributed by atoms with Gasteiger partial charge >= 0.3 is 11.9 Å². The van der Waals surface area contributed by atoms with Crippen molar-refractivity contribution in [1.29, 1.82) is 0 Å². The standard InChI is InChI=1S/C23H20N2O5.C20H15N3O4/c1-11-6-12-2-4-17(26)15(7-12)22-25-21-19(30-22)5-3-16-20(21)14(10-24-16)8-13(23(28)29)9-18(11)27;24-15-9-22-14(20(25)26)7-12-8-21-13-5-6-16-18(17(12)13)23-19(27-16)11-3-1-10(15)2-4-11/h2-5,7,10-11,13,24,26H,6,8-9H2,1H3,(H,28,29);1-6,8,14,21-22H,7,9H2,(H,25,26). The molecule has 0 saturated carbocycles. The highest BCUT2D eigenvalue weighted by Crippen LogP contribution is 2.37. The first-order chi connectivity index (χ1) is 27.5. The molecule has 0 aliphatic carbocycles. The van der Waals surface area contributed by atoms with Crippen LogP contribution in [0.2, 0.25) is 0 Å². The predicted octanol–water partition coefficient (Wildman–Crippen LogP) is 6.83. The number of ketones is 2. The Morgan fingerprint density at radius 2 is 1.33 bits per heavy atom. The molecule has 0 radical (unpaired) electrons. The number of carboxylic acid groups (broad SMARTS) is 2. The van der Waals surface area contributed by atoms with Crippen molar-refractivity contribution in [2.24, 2.45) is 11.8 Å². The van der Waals surface area contributed by atoms with E-state index < -0.39 is 23.9 Å². The Morgan fingerprint density at radius 3 is 1.98 bits per heavy atom. The zero-order valence-electron chi connectivity index (χ0n) is 30.5. The second kappa shape index (κ2) is 13.9. The third-order valence-corrected chi connectivity index (χ3v) is 10.9. The number of aliphatic carboxylic acids is 2. The molecule has 286 valence electrons. The molecule has 0 fully saturated rings. The molecule has 8 bridgehead atoms. The van der Waals surface area contributed by atoms with Gasteiger partial charge in [0.1, 0.15) is 28.6 Å². The number of nitrogens with zero attached hydrogens (tertiary/aromatic N) is 2. The summed E-state index contributed by atoms with van der Waals surface area (Å²) in [5.41, 5.74) is 8.34. The molecule has 57 heavy (non-hydrogen) atoms. The van der Waals surface area contributed by atoms with Crippen LogP contribution >= 0.6 is 0 Å². The summed E-state index contributed by atoms with van der Waals surface area (Å²) in [6, 6.07) is 18.6. The van der Waals surface area contributed by atoms with Crippen LogP contribution < -0.4 is 5.32 Å².